The Morgan fingerprint density at radius 2 is 0.915 bits per heavy atom. The maximum absolute atomic E-state index is 4.91. The molecule has 0 spiro atoms. The highest BCUT2D eigenvalue weighted by Crippen LogP contribution is 2.48. The van der Waals surface area contributed by atoms with Crippen LogP contribution in [-0.4, -0.2) is 60.6 Å². The number of likely N-dealkylation sites (tertiary alicyclic amines) is 1. The number of hydrogen-bond acceptors (Lipinski definition) is 5. The minimum atomic E-state index is 0.0731. The van der Waals surface area contributed by atoms with Crippen molar-refractivity contribution >= 4 is 21.6 Å². The van der Waals surface area contributed by atoms with Gasteiger partial charge in [0, 0.05) is 49.1 Å². The van der Waals surface area contributed by atoms with Gasteiger partial charge >= 0.3 is 0 Å². The zero-order valence-electron chi connectivity index (χ0n) is 50.3. The van der Waals surface area contributed by atoms with E-state index in [0.29, 0.717) is 0 Å². The first kappa shape index (κ1) is 68.2. The third-order valence-corrected chi connectivity index (χ3v) is 20.1. The SMILES string of the molecule is C=C(CCCCCCCCCC)CC(C)(C)C(C)(C)CN(CC(C)(C)C(C)(C)CC(=C)CC(CCCCCCCC)CCCCCCCC)C(=C)CCCSSCCCC(=C)NCCN1CCCCCC1. The highest BCUT2D eigenvalue weighted by atomic mass is 33.1. The second-order valence-corrected chi connectivity index (χ2v) is 28.6. The maximum Gasteiger partial charge on any atom is 0.0271 e. The Bertz CT molecular complexity index is 1340. The van der Waals surface area contributed by atoms with Crippen molar-refractivity contribution < 1.29 is 0 Å². The van der Waals surface area contributed by atoms with Gasteiger partial charge in [0.25, 0.3) is 0 Å². The van der Waals surface area contributed by atoms with Crippen LogP contribution in [0.2, 0.25) is 0 Å². The van der Waals surface area contributed by atoms with Gasteiger partial charge in [-0.25, -0.2) is 0 Å². The molecule has 0 saturated carbocycles. The van der Waals surface area contributed by atoms with Crippen molar-refractivity contribution in [3.05, 3.63) is 48.9 Å². The molecule has 0 aromatic rings. The smallest absolute Gasteiger partial charge is 0.0271 e. The zero-order chi connectivity index (χ0) is 52.9. The van der Waals surface area contributed by atoms with E-state index in [2.05, 4.69) is 119 Å². The summed E-state index contributed by atoms with van der Waals surface area (Å²) in [6.45, 7) is 52.9. The van der Waals surface area contributed by atoms with Crippen molar-refractivity contribution in [2.45, 2.75) is 294 Å². The van der Waals surface area contributed by atoms with Crippen LogP contribution < -0.4 is 5.32 Å². The van der Waals surface area contributed by atoms with Crippen molar-refractivity contribution in [2.75, 3.05) is 50.8 Å². The lowest BCUT2D eigenvalue weighted by Crippen LogP contribution is -2.48. The van der Waals surface area contributed by atoms with E-state index in [1.54, 1.807) is 0 Å². The molecule has 1 fully saturated rings. The molecule has 0 unspecified atom stereocenters. The fourth-order valence-electron chi connectivity index (χ4n) is 11.0. The highest BCUT2D eigenvalue weighted by molar-refractivity contribution is 8.76. The van der Waals surface area contributed by atoms with Crippen LogP contribution in [0.15, 0.2) is 48.9 Å². The summed E-state index contributed by atoms with van der Waals surface area (Å²) in [6, 6.07) is 0. The third-order valence-electron chi connectivity index (χ3n) is 17.5. The fraction of sp³-hybridized carbons (Fsp3) is 0.879. The number of allylic oxidation sites excluding steroid dienone is 4. The average molecular weight is 1030 g/mol. The van der Waals surface area contributed by atoms with E-state index in [-0.39, 0.29) is 21.7 Å². The first-order valence-corrected chi connectivity index (χ1v) is 33.4. The Hall–Kier alpha value is -0.780. The molecule has 1 saturated heterocycles. The molecular weight excluding hydrogens is 899 g/mol. The molecule has 1 aliphatic rings. The van der Waals surface area contributed by atoms with E-state index in [1.165, 1.54) is 240 Å². The van der Waals surface area contributed by atoms with Gasteiger partial charge in [-0.2, -0.15) is 0 Å². The van der Waals surface area contributed by atoms with Gasteiger partial charge in [-0.3, -0.25) is 0 Å². The van der Waals surface area contributed by atoms with Crippen LogP contribution in [0.4, 0.5) is 0 Å². The average Bonchev–Trinajstić information content (AvgIpc) is 3.58. The number of nitrogens with zero attached hydrogens (tertiary/aromatic N) is 2. The molecule has 5 heteroatoms. The fourth-order valence-corrected chi connectivity index (χ4v) is 13.2. The molecule has 0 aromatic carbocycles. The van der Waals surface area contributed by atoms with Crippen molar-refractivity contribution in [3.8, 4) is 0 Å². The second kappa shape index (κ2) is 40.5. The molecule has 0 amide bonds. The van der Waals surface area contributed by atoms with Gasteiger partial charge in [-0.15, -0.1) is 0 Å². The van der Waals surface area contributed by atoms with Gasteiger partial charge in [0.05, 0.1) is 0 Å². The van der Waals surface area contributed by atoms with Crippen LogP contribution >= 0.6 is 21.6 Å². The van der Waals surface area contributed by atoms with Gasteiger partial charge in [0.15, 0.2) is 0 Å². The van der Waals surface area contributed by atoms with E-state index >= 15 is 0 Å². The van der Waals surface area contributed by atoms with Gasteiger partial charge in [0.1, 0.15) is 0 Å². The number of rotatable bonds is 49. The van der Waals surface area contributed by atoms with Gasteiger partial charge in [0.2, 0.25) is 0 Å². The van der Waals surface area contributed by atoms with Crippen molar-refractivity contribution in [2.24, 2.45) is 27.6 Å². The zero-order valence-corrected chi connectivity index (χ0v) is 51.9. The summed E-state index contributed by atoms with van der Waals surface area (Å²) in [5.74, 6) is 3.15. The van der Waals surface area contributed by atoms with Gasteiger partial charge in [-0.1, -0.05) is 283 Å². The Morgan fingerprint density at radius 1 is 0.493 bits per heavy atom. The molecule has 1 aliphatic heterocycles. The van der Waals surface area contributed by atoms with E-state index < -0.39 is 0 Å². The lowest BCUT2D eigenvalue weighted by Gasteiger charge is -2.50. The Morgan fingerprint density at radius 3 is 1.39 bits per heavy atom. The summed E-state index contributed by atoms with van der Waals surface area (Å²) in [6.07, 6.45) is 45.1. The molecule has 0 bridgehead atoms. The largest absolute Gasteiger partial charge is 0.388 e. The van der Waals surface area contributed by atoms with Crippen molar-refractivity contribution in [1.82, 2.24) is 15.1 Å². The minimum absolute atomic E-state index is 0.0731. The van der Waals surface area contributed by atoms with Crippen LogP contribution in [0.25, 0.3) is 0 Å². The van der Waals surface area contributed by atoms with Gasteiger partial charge < -0.3 is 15.1 Å². The van der Waals surface area contributed by atoms with E-state index in [0.717, 1.165) is 57.8 Å². The predicted molar refractivity (Wildman–Crippen MR) is 330 cm³/mol. The summed E-state index contributed by atoms with van der Waals surface area (Å²) in [7, 11) is 4.12. The Labute approximate surface area is 455 Å². The molecule has 0 radical (unpaired) electrons. The topological polar surface area (TPSA) is 18.5 Å². The summed E-state index contributed by atoms with van der Waals surface area (Å²) >= 11 is 0. The van der Waals surface area contributed by atoms with E-state index in [1.807, 2.05) is 0 Å². The summed E-state index contributed by atoms with van der Waals surface area (Å²) < 4.78 is 0. The molecule has 418 valence electrons. The molecule has 3 nitrogen and oxygen atoms in total. The highest BCUT2D eigenvalue weighted by Gasteiger charge is 2.43. The number of hydrogen-bond donors (Lipinski definition) is 1. The van der Waals surface area contributed by atoms with Crippen LogP contribution in [0.1, 0.15) is 294 Å². The molecule has 0 aromatic heterocycles. The molecule has 0 atom stereocenters. The van der Waals surface area contributed by atoms with Crippen molar-refractivity contribution in [1.29, 1.82) is 0 Å². The molecular formula is C66H127N3S2. The molecule has 0 aliphatic carbocycles. The lowest BCUT2D eigenvalue weighted by atomic mass is 9.62. The van der Waals surface area contributed by atoms with E-state index in [9.17, 15) is 0 Å². The quantitative estimate of drug-likeness (QED) is 0.0371. The first-order chi connectivity index (χ1) is 33.8. The normalized spacial score (nSPS) is 14.3. The van der Waals surface area contributed by atoms with Crippen LogP contribution in [0.3, 0.4) is 0 Å². The predicted octanol–water partition coefficient (Wildman–Crippen LogP) is 21.8. The van der Waals surface area contributed by atoms with Crippen LogP contribution in [-0.2, 0) is 0 Å². The monoisotopic (exact) mass is 1030 g/mol. The standard InChI is InChI=1S/C66H127N3S2/c1-16-19-22-25-28-29-30-35-42-58(4)54-63(8,9)65(12,13)56-69(61(7)44-41-52-71-70-51-40-43-60(6)67-47-50-68-48-38-33-34-39-49-68)57-66(14,15)64(10,11)55-59(5)53-62(45-36-31-26-23-20-17-2)46-37-32-27-24-21-18-3/h62,67H,4-7,16-57H2,1-3,8-15H3. The molecule has 1 rings (SSSR count). The van der Waals surface area contributed by atoms with Crippen LogP contribution in [0, 0.1) is 27.6 Å². The molecule has 1 N–H and O–H groups in total. The second-order valence-electron chi connectivity index (χ2n) is 25.9. The first-order valence-electron chi connectivity index (χ1n) is 30.9. The Balaban J connectivity index is 2.97. The van der Waals surface area contributed by atoms with E-state index in [4.69, 9.17) is 19.7 Å². The summed E-state index contributed by atoms with van der Waals surface area (Å²) in [5.41, 5.74) is 5.87. The molecule has 71 heavy (non-hydrogen) atoms. The maximum atomic E-state index is 4.91. The lowest BCUT2D eigenvalue weighted by molar-refractivity contribution is 0.0211. The number of nitrogens with one attached hydrogen (secondary N) is 1. The van der Waals surface area contributed by atoms with Crippen molar-refractivity contribution in [3.63, 3.8) is 0 Å². The minimum Gasteiger partial charge on any atom is -0.388 e. The summed E-state index contributed by atoms with van der Waals surface area (Å²) in [4.78, 5) is 5.40. The Kier molecular flexibility index (Phi) is 38.9. The summed E-state index contributed by atoms with van der Waals surface area (Å²) in [5, 5.41) is 3.63. The third kappa shape index (κ3) is 33.1. The molecule has 1 heterocycles. The van der Waals surface area contributed by atoms with Crippen LogP contribution in [0.5, 0.6) is 0 Å². The van der Waals surface area contributed by atoms with Gasteiger partial charge in [-0.05, 0) is 111 Å². The number of unbranched alkanes of at least 4 members (excludes halogenated alkanes) is 17.